The van der Waals surface area contributed by atoms with Gasteiger partial charge in [-0.15, -0.1) is 0 Å². The topological polar surface area (TPSA) is 88.4 Å². The van der Waals surface area contributed by atoms with Crippen LogP contribution in [-0.4, -0.2) is 20.3 Å². The zero-order chi connectivity index (χ0) is 26.2. The maximum atomic E-state index is 13.7. The molecule has 0 bridgehead atoms. The summed E-state index contributed by atoms with van der Waals surface area (Å²) in [5, 5.41) is 0.858. The molecule has 1 aliphatic heterocycles. The first kappa shape index (κ1) is 23.2. The van der Waals surface area contributed by atoms with Crippen molar-refractivity contribution in [3.05, 3.63) is 103 Å². The molecule has 0 spiro atoms. The molecule has 188 valence electrons. The smallest absolute Gasteiger partial charge is 0.331 e. The van der Waals surface area contributed by atoms with Crippen molar-refractivity contribution in [1.29, 1.82) is 0 Å². The molecule has 8 nitrogen and oxygen atoms in total. The van der Waals surface area contributed by atoms with Crippen molar-refractivity contribution in [2.45, 2.75) is 32.4 Å². The number of fused-ring (bicyclic) bond motifs is 4. The van der Waals surface area contributed by atoms with E-state index in [1.807, 2.05) is 51.1 Å². The average Bonchev–Trinajstić information content (AvgIpc) is 3.25. The van der Waals surface area contributed by atoms with Gasteiger partial charge < -0.3 is 13.7 Å². The van der Waals surface area contributed by atoms with Crippen LogP contribution < -0.4 is 16.7 Å². The summed E-state index contributed by atoms with van der Waals surface area (Å²) in [6.45, 7) is 6.33. The van der Waals surface area contributed by atoms with Crippen molar-refractivity contribution in [1.82, 2.24) is 13.7 Å². The zero-order valence-corrected chi connectivity index (χ0v) is 21.4. The van der Waals surface area contributed by atoms with Gasteiger partial charge in [0.25, 0.3) is 5.56 Å². The summed E-state index contributed by atoms with van der Waals surface area (Å²) >= 11 is 0. The molecular formula is C29H27N3O5. The fourth-order valence-corrected chi connectivity index (χ4v) is 5.49. The first-order valence-corrected chi connectivity index (χ1v) is 12.2. The van der Waals surface area contributed by atoms with Crippen LogP contribution in [0.2, 0.25) is 0 Å². The third-order valence-electron chi connectivity index (χ3n) is 7.38. The van der Waals surface area contributed by atoms with Crippen molar-refractivity contribution in [2.75, 3.05) is 6.61 Å². The number of hydrogen-bond donors (Lipinski definition) is 0. The molecule has 0 fully saturated rings. The minimum Gasteiger partial charge on any atom is -0.464 e. The van der Waals surface area contributed by atoms with E-state index in [1.165, 1.54) is 17.9 Å². The molecule has 4 heterocycles. The van der Waals surface area contributed by atoms with Gasteiger partial charge in [0.05, 0.1) is 45.4 Å². The highest BCUT2D eigenvalue weighted by molar-refractivity contribution is 5.97. The van der Waals surface area contributed by atoms with Crippen LogP contribution in [0.5, 0.6) is 0 Å². The van der Waals surface area contributed by atoms with Crippen molar-refractivity contribution < 1.29 is 9.15 Å². The highest BCUT2D eigenvalue weighted by Crippen LogP contribution is 2.45. The second-order valence-electron chi connectivity index (χ2n) is 10.4. The zero-order valence-electron chi connectivity index (χ0n) is 21.4. The number of hydrogen-bond acceptors (Lipinski definition) is 5. The summed E-state index contributed by atoms with van der Waals surface area (Å²) in [7, 11) is 3.13. The first-order chi connectivity index (χ1) is 17.6. The summed E-state index contributed by atoms with van der Waals surface area (Å²) in [4.78, 5) is 40.5. The molecule has 8 heteroatoms. The Morgan fingerprint density at radius 3 is 2.38 bits per heavy atom. The number of para-hydroxylation sites is 1. The van der Waals surface area contributed by atoms with Crippen LogP contribution in [0.25, 0.3) is 33.1 Å². The Kier molecular flexibility index (Phi) is 4.97. The molecule has 0 saturated carbocycles. The van der Waals surface area contributed by atoms with Gasteiger partial charge in [-0.2, -0.15) is 0 Å². The maximum absolute atomic E-state index is 13.7. The lowest BCUT2D eigenvalue weighted by Crippen LogP contribution is -2.41. The Balaban J connectivity index is 1.81. The van der Waals surface area contributed by atoms with Gasteiger partial charge in [0.1, 0.15) is 18.0 Å². The SMILES string of the molecule is Cc1ccc(-c2c3c(=O)n(C)c(=O)n(C)c3c3n2C(C)(C)CO[C@@H]3c2coc3ccccc3c2=O)cc1. The van der Waals surface area contributed by atoms with Crippen LogP contribution in [0.15, 0.2) is 73.6 Å². The minimum atomic E-state index is -0.840. The third kappa shape index (κ3) is 3.22. The fourth-order valence-electron chi connectivity index (χ4n) is 5.49. The van der Waals surface area contributed by atoms with Gasteiger partial charge in [0.2, 0.25) is 0 Å². The molecule has 5 aromatic rings. The van der Waals surface area contributed by atoms with Crippen molar-refractivity contribution in [3.8, 4) is 11.3 Å². The van der Waals surface area contributed by atoms with Gasteiger partial charge in [-0.3, -0.25) is 18.7 Å². The van der Waals surface area contributed by atoms with E-state index in [2.05, 4.69) is 4.57 Å². The van der Waals surface area contributed by atoms with Crippen molar-refractivity contribution >= 4 is 21.9 Å². The number of aryl methyl sites for hydroxylation is 2. The number of benzene rings is 2. The molecule has 2 aromatic carbocycles. The molecule has 0 unspecified atom stereocenters. The van der Waals surface area contributed by atoms with Gasteiger partial charge in [-0.05, 0) is 38.5 Å². The standard InChI is InChI=1S/C29H27N3O5/c1-16-10-12-17(13-11-16)22-21-23(30(4)28(35)31(5)27(21)34)24-26(37-15-29(2,3)32(22)24)19-14-36-20-9-7-6-8-18(20)25(19)33/h6-14,26H,15H2,1-5H3/t26-/m1/s1. The molecule has 0 amide bonds. The number of ether oxygens (including phenoxy) is 1. The lowest BCUT2D eigenvalue weighted by atomic mass is 9.98. The summed E-state index contributed by atoms with van der Waals surface area (Å²) in [6, 6.07) is 15.0. The Morgan fingerprint density at radius 1 is 0.946 bits per heavy atom. The minimum absolute atomic E-state index is 0.210. The quantitative estimate of drug-likeness (QED) is 0.368. The lowest BCUT2D eigenvalue weighted by molar-refractivity contribution is -0.00811. The summed E-state index contributed by atoms with van der Waals surface area (Å²) in [6.07, 6.45) is 0.593. The molecule has 37 heavy (non-hydrogen) atoms. The molecule has 3 aromatic heterocycles. The van der Waals surface area contributed by atoms with Crippen LogP contribution in [0.4, 0.5) is 0 Å². The summed E-state index contributed by atoms with van der Waals surface area (Å²) < 4.78 is 16.9. The molecule has 1 aliphatic rings. The van der Waals surface area contributed by atoms with E-state index in [0.29, 0.717) is 38.8 Å². The number of aromatic nitrogens is 3. The van der Waals surface area contributed by atoms with Crippen LogP contribution in [0.1, 0.15) is 36.8 Å². The predicted molar refractivity (Wildman–Crippen MR) is 142 cm³/mol. The molecular weight excluding hydrogens is 470 g/mol. The monoisotopic (exact) mass is 497 g/mol. The largest absolute Gasteiger partial charge is 0.464 e. The Hall–Kier alpha value is -4.17. The average molecular weight is 498 g/mol. The number of rotatable bonds is 2. The van der Waals surface area contributed by atoms with Crippen LogP contribution in [-0.2, 0) is 24.4 Å². The molecule has 0 aliphatic carbocycles. The highest BCUT2D eigenvalue weighted by atomic mass is 16.5. The molecule has 0 N–H and O–H groups in total. The second kappa shape index (κ2) is 7.91. The predicted octanol–water partition coefficient (Wildman–Crippen LogP) is 3.98. The lowest BCUT2D eigenvalue weighted by Gasteiger charge is -2.39. The normalized spacial score (nSPS) is 16.8. The fraction of sp³-hybridized carbons (Fsp3) is 0.276. The van der Waals surface area contributed by atoms with E-state index < -0.39 is 22.9 Å². The van der Waals surface area contributed by atoms with Crippen LogP contribution in [0.3, 0.4) is 0 Å². The Bertz CT molecular complexity index is 1900. The summed E-state index contributed by atoms with van der Waals surface area (Å²) in [5.74, 6) is 0. The van der Waals surface area contributed by atoms with Gasteiger partial charge >= 0.3 is 5.69 Å². The van der Waals surface area contributed by atoms with Gasteiger partial charge in [0, 0.05) is 14.1 Å². The van der Waals surface area contributed by atoms with Gasteiger partial charge in [-0.25, -0.2) is 4.79 Å². The van der Waals surface area contributed by atoms with E-state index in [1.54, 1.807) is 25.2 Å². The van der Waals surface area contributed by atoms with Crippen molar-refractivity contribution in [2.24, 2.45) is 14.1 Å². The first-order valence-electron chi connectivity index (χ1n) is 12.2. The van der Waals surface area contributed by atoms with Crippen LogP contribution >= 0.6 is 0 Å². The van der Waals surface area contributed by atoms with E-state index in [0.717, 1.165) is 15.7 Å². The molecule has 1 atom stereocenters. The maximum Gasteiger partial charge on any atom is 0.331 e. The molecule has 0 saturated heterocycles. The highest BCUT2D eigenvalue weighted by Gasteiger charge is 2.41. The second-order valence-corrected chi connectivity index (χ2v) is 10.4. The van der Waals surface area contributed by atoms with E-state index in [-0.39, 0.29) is 12.0 Å². The van der Waals surface area contributed by atoms with Gasteiger partial charge in [0.15, 0.2) is 5.43 Å². The van der Waals surface area contributed by atoms with E-state index in [9.17, 15) is 14.4 Å². The summed E-state index contributed by atoms with van der Waals surface area (Å²) in [5.41, 5.74) is 2.84. The Labute approximate surface area is 212 Å². The van der Waals surface area contributed by atoms with E-state index in [4.69, 9.17) is 9.15 Å². The van der Waals surface area contributed by atoms with Crippen molar-refractivity contribution in [3.63, 3.8) is 0 Å². The molecule has 0 radical (unpaired) electrons. The van der Waals surface area contributed by atoms with Gasteiger partial charge in [-0.1, -0.05) is 42.0 Å². The molecule has 6 rings (SSSR count). The van der Waals surface area contributed by atoms with Crippen LogP contribution in [0, 0.1) is 6.92 Å². The third-order valence-corrected chi connectivity index (χ3v) is 7.38. The Morgan fingerprint density at radius 2 is 1.65 bits per heavy atom. The van der Waals surface area contributed by atoms with E-state index >= 15 is 0 Å². The number of nitrogens with zero attached hydrogens (tertiary/aromatic N) is 3.